The van der Waals surface area contributed by atoms with Gasteiger partial charge >= 0.3 is 0 Å². The van der Waals surface area contributed by atoms with Crippen LogP contribution in [0, 0.1) is 0 Å². The summed E-state index contributed by atoms with van der Waals surface area (Å²) in [5.41, 5.74) is 1.60. The molecule has 94 valence electrons. The van der Waals surface area contributed by atoms with Gasteiger partial charge in [0.15, 0.2) is 0 Å². The van der Waals surface area contributed by atoms with Crippen LogP contribution >= 0.6 is 11.8 Å². The Labute approximate surface area is 111 Å². The zero-order valence-electron chi connectivity index (χ0n) is 10.5. The maximum Gasteiger partial charge on any atom is 0.219 e. The van der Waals surface area contributed by atoms with Crippen molar-refractivity contribution in [2.75, 3.05) is 0 Å². The van der Waals surface area contributed by atoms with Gasteiger partial charge in [0, 0.05) is 5.57 Å². The predicted octanol–water partition coefficient (Wildman–Crippen LogP) is 3.95. The quantitative estimate of drug-likeness (QED) is 0.894. The van der Waals surface area contributed by atoms with Gasteiger partial charge < -0.3 is 5.11 Å². The number of rotatable bonds is 3. The summed E-state index contributed by atoms with van der Waals surface area (Å²) in [5, 5.41) is 9.96. The molecule has 1 aromatic carbocycles. The predicted molar refractivity (Wildman–Crippen MR) is 76.4 cm³/mol. The smallest absolute Gasteiger partial charge is 0.219 e. The largest absolute Gasteiger partial charge is 0.510 e. The lowest BCUT2D eigenvalue weighted by Gasteiger charge is -2.20. The van der Waals surface area contributed by atoms with Crippen LogP contribution in [0.1, 0.15) is 25.8 Å². The number of aliphatic hydroxyl groups is 1. The topological polar surface area (TPSA) is 37.3 Å². The van der Waals surface area contributed by atoms with E-state index in [1.165, 1.54) is 11.8 Å². The Kier molecular flexibility index (Phi) is 3.62. The second-order valence-electron chi connectivity index (χ2n) is 4.61. The van der Waals surface area contributed by atoms with Gasteiger partial charge in [0.2, 0.25) is 5.12 Å². The van der Waals surface area contributed by atoms with Crippen molar-refractivity contribution in [2.24, 2.45) is 0 Å². The van der Waals surface area contributed by atoms with Gasteiger partial charge in [-0.25, -0.2) is 0 Å². The first-order valence-electron chi connectivity index (χ1n) is 5.88. The minimum absolute atomic E-state index is 0.0249. The first kappa shape index (κ1) is 13.0. The summed E-state index contributed by atoms with van der Waals surface area (Å²) < 4.78 is -0.507. The van der Waals surface area contributed by atoms with E-state index in [9.17, 15) is 9.90 Å². The fourth-order valence-electron chi connectivity index (χ4n) is 1.95. The third-order valence-corrected chi connectivity index (χ3v) is 4.40. The second kappa shape index (κ2) is 5.02. The molecule has 0 spiro atoms. The van der Waals surface area contributed by atoms with Crippen LogP contribution in [0.25, 0.3) is 6.08 Å². The Bertz CT molecular complexity index is 517. The highest BCUT2D eigenvalue weighted by atomic mass is 32.2. The zero-order valence-corrected chi connectivity index (χ0v) is 11.3. The molecule has 3 heteroatoms. The van der Waals surface area contributed by atoms with Crippen LogP contribution in [0.4, 0.5) is 0 Å². The van der Waals surface area contributed by atoms with Crippen molar-refractivity contribution in [1.29, 1.82) is 0 Å². The molecular formula is C15H16O2S. The van der Waals surface area contributed by atoms with Gasteiger partial charge in [0.05, 0.1) is 4.75 Å². The van der Waals surface area contributed by atoms with Gasteiger partial charge in [-0.15, -0.1) is 0 Å². The van der Waals surface area contributed by atoms with Gasteiger partial charge in [0.1, 0.15) is 5.76 Å². The number of hydrogen-bond donors (Lipinski definition) is 1. The number of benzene rings is 1. The Balaban J connectivity index is 2.08. The molecule has 0 aliphatic carbocycles. The summed E-state index contributed by atoms with van der Waals surface area (Å²) in [6.07, 6.45) is 4.66. The Morgan fingerprint density at radius 3 is 2.56 bits per heavy atom. The summed E-state index contributed by atoms with van der Waals surface area (Å²) in [4.78, 5) is 11.6. The molecule has 0 amide bonds. The lowest BCUT2D eigenvalue weighted by molar-refractivity contribution is -0.107. The van der Waals surface area contributed by atoms with Crippen LogP contribution in [0.15, 0.2) is 47.7 Å². The van der Waals surface area contributed by atoms with E-state index in [1.807, 2.05) is 49.4 Å². The number of hydrogen-bond acceptors (Lipinski definition) is 3. The van der Waals surface area contributed by atoms with Crippen LogP contribution in [0.2, 0.25) is 0 Å². The maximum absolute atomic E-state index is 11.6. The molecule has 1 atom stereocenters. The third-order valence-electron chi connectivity index (χ3n) is 3.10. The van der Waals surface area contributed by atoms with Crippen LogP contribution < -0.4 is 0 Å². The molecule has 1 aromatic rings. The average Bonchev–Trinajstić information content (AvgIpc) is 2.55. The minimum Gasteiger partial charge on any atom is -0.510 e. The lowest BCUT2D eigenvalue weighted by atomic mass is 10.0. The van der Waals surface area contributed by atoms with E-state index in [1.54, 1.807) is 6.92 Å². The van der Waals surface area contributed by atoms with Crippen LogP contribution in [0.5, 0.6) is 0 Å². The van der Waals surface area contributed by atoms with E-state index < -0.39 is 4.75 Å². The number of thioether (sulfide) groups is 1. The molecule has 0 saturated heterocycles. The van der Waals surface area contributed by atoms with Gasteiger partial charge in [-0.1, -0.05) is 54.2 Å². The van der Waals surface area contributed by atoms with Gasteiger partial charge in [-0.3, -0.25) is 4.79 Å². The summed E-state index contributed by atoms with van der Waals surface area (Å²) >= 11 is 1.20. The van der Waals surface area contributed by atoms with E-state index >= 15 is 0 Å². The van der Waals surface area contributed by atoms with Crippen molar-refractivity contribution < 1.29 is 9.90 Å². The summed E-state index contributed by atoms with van der Waals surface area (Å²) in [7, 11) is 0. The number of carbonyl (C=O) groups is 1. The van der Waals surface area contributed by atoms with Gasteiger partial charge in [0.25, 0.3) is 0 Å². The van der Waals surface area contributed by atoms with Crippen molar-refractivity contribution in [2.45, 2.75) is 25.0 Å². The van der Waals surface area contributed by atoms with Crippen LogP contribution in [0.3, 0.4) is 0 Å². The standard InChI is InChI=1S/C15H16O2S/c1-11-13(16)15(2,18-14(11)17)10-6-9-12-7-4-3-5-8-12/h3-9,16H,10H2,1-2H3/b9-6+. The highest BCUT2D eigenvalue weighted by Gasteiger charge is 2.40. The molecule has 1 N–H and O–H groups in total. The molecular weight excluding hydrogens is 244 g/mol. The van der Waals surface area contributed by atoms with Gasteiger partial charge in [-0.05, 0) is 25.8 Å². The van der Waals surface area contributed by atoms with Crippen molar-refractivity contribution in [3.63, 3.8) is 0 Å². The van der Waals surface area contributed by atoms with Crippen LogP contribution in [-0.2, 0) is 4.79 Å². The monoisotopic (exact) mass is 260 g/mol. The lowest BCUT2D eigenvalue weighted by Crippen LogP contribution is -2.19. The van der Waals surface area contributed by atoms with E-state index in [-0.39, 0.29) is 10.9 Å². The molecule has 0 aromatic heterocycles. The third kappa shape index (κ3) is 2.51. The van der Waals surface area contributed by atoms with Crippen molar-refractivity contribution in [3.05, 3.63) is 53.3 Å². The Morgan fingerprint density at radius 2 is 2.00 bits per heavy atom. The van der Waals surface area contributed by atoms with E-state index in [0.717, 1.165) is 5.56 Å². The highest BCUT2D eigenvalue weighted by molar-refractivity contribution is 8.15. The number of aliphatic hydroxyl groups excluding tert-OH is 1. The normalized spacial score (nSPS) is 24.2. The van der Waals surface area contributed by atoms with Crippen molar-refractivity contribution in [1.82, 2.24) is 0 Å². The fourth-order valence-corrected chi connectivity index (χ4v) is 3.03. The average molecular weight is 260 g/mol. The van der Waals surface area contributed by atoms with Crippen molar-refractivity contribution in [3.8, 4) is 0 Å². The van der Waals surface area contributed by atoms with Crippen molar-refractivity contribution >= 4 is 23.0 Å². The fraction of sp³-hybridized carbons (Fsp3) is 0.267. The number of allylic oxidation sites excluding steroid dienone is 1. The SMILES string of the molecule is CC1=C(O)C(C)(C/C=C/c2ccccc2)SC1=O. The molecule has 0 radical (unpaired) electrons. The molecule has 1 heterocycles. The number of carbonyl (C=O) groups excluding carboxylic acids is 1. The second-order valence-corrected chi connectivity index (χ2v) is 6.09. The molecule has 0 saturated carbocycles. The molecule has 1 aliphatic rings. The molecule has 2 rings (SSSR count). The molecule has 1 aliphatic heterocycles. The molecule has 0 fully saturated rings. The van der Waals surface area contributed by atoms with E-state index in [0.29, 0.717) is 12.0 Å². The maximum atomic E-state index is 11.6. The molecule has 1 unspecified atom stereocenters. The minimum atomic E-state index is -0.507. The zero-order chi connectivity index (χ0) is 13.2. The van der Waals surface area contributed by atoms with Gasteiger partial charge in [-0.2, -0.15) is 0 Å². The molecule has 0 bridgehead atoms. The van der Waals surface area contributed by atoms with E-state index in [2.05, 4.69) is 0 Å². The summed E-state index contributed by atoms with van der Waals surface area (Å²) in [5.74, 6) is 0.218. The molecule has 2 nitrogen and oxygen atoms in total. The van der Waals surface area contributed by atoms with E-state index in [4.69, 9.17) is 0 Å². The Hall–Kier alpha value is -1.48. The Morgan fingerprint density at radius 1 is 1.33 bits per heavy atom. The summed E-state index contributed by atoms with van der Waals surface area (Å²) in [6.45, 7) is 3.58. The summed E-state index contributed by atoms with van der Waals surface area (Å²) in [6, 6.07) is 9.98. The first-order chi connectivity index (χ1) is 8.53. The first-order valence-corrected chi connectivity index (χ1v) is 6.70. The molecule has 18 heavy (non-hydrogen) atoms. The highest BCUT2D eigenvalue weighted by Crippen LogP contribution is 2.44. The van der Waals surface area contributed by atoms with Crippen LogP contribution in [-0.4, -0.2) is 15.0 Å².